The number of alkyl halides is 1. The van der Waals surface area contributed by atoms with Crippen molar-refractivity contribution >= 4 is 21.8 Å². The van der Waals surface area contributed by atoms with Gasteiger partial charge in [-0.05, 0) is 75.5 Å². The lowest BCUT2D eigenvalue weighted by atomic mass is 9.49. The van der Waals surface area contributed by atoms with Crippen molar-refractivity contribution in [3.63, 3.8) is 0 Å². The van der Waals surface area contributed by atoms with Crippen LogP contribution in [0.15, 0.2) is 0 Å². The lowest BCUT2D eigenvalue weighted by molar-refractivity contribution is -0.155. The molecular formula is C18H28BrNO. The third-order valence-electron chi connectivity index (χ3n) is 6.40. The molecule has 0 saturated heterocycles. The molecule has 0 N–H and O–H groups in total. The molecule has 0 spiro atoms. The Bertz CT molecular complexity index is 430. The Balaban J connectivity index is 1.56. The second-order valence-corrected chi connectivity index (χ2v) is 10.3. The zero-order valence-corrected chi connectivity index (χ0v) is 14.8. The van der Waals surface area contributed by atoms with Gasteiger partial charge in [-0.15, -0.1) is 0 Å². The number of rotatable bonds is 5. The summed E-state index contributed by atoms with van der Waals surface area (Å²) in [6.07, 6.45) is 11.3. The molecule has 0 aromatic carbocycles. The van der Waals surface area contributed by atoms with Crippen LogP contribution in [-0.2, 0) is 4.79 Å². The standard InChI is InChI=1S/C18H28BrNO/c1-2-5-20(11-13-3-4-13)16(21)17-7-14-6-15(8-17)10-18(19,9-14)12-17/h13-15H,2-12H2,1H3. The van der Waals surface area contributed by atoms with Gasteiger partial charge in [0.05, 0.1) is 5.41 Å². The van der Waals surface area contributed by atoms with Gasteiger partial charge in [-0.1, -0.05) is 22.9 Å². The summed E-state index contributed by atoms with van der Waals surface area (Å²) in [4.78, 5) is 15.6. The first-order chi connectivity index (χ1) is 10.0. The molecule has 2 atom stereocenters. The minimum Gasteiger partial charge on any atom is -0.342 e. The molecule has 5 aliphatic carbocycles. The average Bonchev–Trinajstić information content (AvgIpc) is 3.18. The van der Waals surface area contributed by atoms with Crippen molar-refractivity contribution in [3.05, 3.63) is 0 Å². The molecule has 2 unspecified atom stereocenters. The Kier molecular flexibility index (Phi) is 3.44. The van der Waals surface area contributed by atoms with Gasteiger partial charge in [-0.3, -0.25) is 4.79 Å². The smallest absolute Gasteiger partial charge is 0.228 e. The third kappa shape index (κ3) is 2.58. The van der Waals surface area contributed by atoms with Crippen LogP contribution < -0.4 is 0 Å². The number of hydrogen-bond acceptors (Lipinski definition) is 1. The molecule has 5 rings (SSSR count). The third-order valence-corrected chi connectivity index (χ3v) is 7.33. The van der Waals surface area contributed by atoms with Crippen molar-refractivity contribution < 1.29 is 4.79 Å². The van der Waals surface area contributed by atoms with Gasteiger partial charge in [0.25, 0.3) is 0 Å². The van der Waals surface area contributed by atoms with E-state index in [0.29, 0.717) is 10.2 Å². The van der Waals surface area contributed by atoms with Crippen molar-refractivity contribution in [2.45, 2.75) is 69.0 Å². The topological polar surface area (TPSA) is 20.3 Å². The molecule has 5 fully saturated rings. The molecule has 1 amide bonds. The molecular weight excluding hydrogens is 326 g/mol. The SMILES string of the molecule is CCCN(CC1CC1)C(=O)C12CC3CC(CC(Br)(C3)C1)C2. The highest BCUT2D eigenvalue weighted by Crippen LogP contribution is 2.64. The van der Waals surface area contributed by atoms with Gasteiger partial charge in [0.2, 0.25) is 5.91 Å². The summed E-state index contributed by atoms with van der Waals surface area (Å²) < 4.78 is 0.296. The van der Waals surface area contributed by atoms with Crippen LogP contribution in [0.5, 0.6) is 0 Å². The molecule has 0 aromatic rings. The van der Waals surface area contributed by atoms with E-state index in [0.717, 1.165) is 43.7 Å². The number of halogens is 1. The van der Waals surface area contributed by atoms with Crippen molar-refractivity contribution in [3.8, 4) is 0 Å². The highest BCUT2D eigenvalue weighted by atomic mass is 79.9. The Labute approximate surface area is 137 Å². The molecule has 5 aliphatic rings. The van der Waals surface area contributed by atoms with Crippen LogP contribution in [0.2, 0.25) is 0 Å². The number of amides is 1. The fourth-order valence-corrected chi connectivity index (χ4v) is 7.35. The molecule has 4 bridgehead atoms. The lowest BCUT2D eigenvalue weighted by Gasteiger charge is -2.60. The quantitative estimate of drug-likeness (QED) is 0.672. The van der Waals surface area contributed by atoms with Gasteiger partial charge >= 0.3 is 0 Å². The average molecular weight is 354 g/mol. The van der Waals surface area contributed by atoms with Crippen LogP contribution in [0.4, 0.5) is 0 Å². The minimum absolute atomic E-state index is 0.00234. The molecule has 5 saturated carbocycles. The zero-order valence-electron chi connectivity index (χ0n) is 13.2. The molecule has 3 heteroatoms. The number of hydrogen-bond donors (Lipinski definition) is 0. The largest absolute Gasteiger partial charge is 0.342 e. The molecule has 0 heterocycles. The van der Waals surface area contributed by atoms with Gasteiger partial charge in [0.1, 0.15) is 0 Å². The highest BCUT2D eigenvalue weighted by molar-refractivity contribution is 9.10. The van der Waals surface area contributed by atoms with E-state index in [-0.39, 0.29) is 5.41 Å². The van der Waals surface area contributed by atoms with Gasteiger partial charge in [0, 0.05) is 17.4 Å². The van der Waals surface area contributed by atoms with Crippen molar-refractivity contribution in [1.82, 2.24) is 4.90 Å². The van der Waals surface area contributed by atoms with Crippen molar-refractivity contribution in [2.24, 2.45) is 23.2 Å². The summed E-state index contributed by atoms with van der Waals surface area (Å²) in [7, 11) is 0. The summed E-state index contributed by atoms with van der Waals surface area (Å²) in [5, 5.41) is 0. The Morgan fingerprint density at radius 2 is 1.86 bits per heavy atom. The van der Waals surface area contributed by atoms with Crippen LogP contribution >= 0.6 is 15.9 Å². The number of carbonyl (C=O) groups is 1. The van der Waals surface area contributed by atoms with E-state index in [4.69, 9.17) is 0 Å². The first kappa shape index (κ1) is 14.5. The van der Waals surface area contributed by atoms with Crippen LogP contribution in [-0.4, -0.2) is 28.2 Å². The molecule has 118 valence electrons. The molecule has 0 aromatic heterocycles. The maximum atomic E-state index is 13.4. The molecule has 21 heavy (non-hydrogen) atoms. The Hall–Kier alpha value is -0.0500. The first-order valence-corrected chi connectivity index (χ1v) is 9.79. The monoisotopic (exact) mass is 353 g/mol. The van der Waals surface area contributed by atoms with E-state index < -0.39 is 0 Å². The number of nitrogens with zero attached hydrogens (tertiary/aromatic N) is 1. The maximum Gasteiger partial charge on any atom is 0.228 e. The highest BCUT2D eigenvalue weighted by Gasteiger charge is 2.60. The summed E-state index contributed by atoms with van der Waals surface area (Å²) in [6.45, 7) is 4.22. The lowest BCUT2D eigenvalue weighted by Crippen LogP contribution is -2.59. The van der Waals surface area contributed by atoms with Gasteiger partial charge < -0.3 is 4.90 Å². The first-order valence-electron chi connectivity index (χ1n) is 9.00. The van der Waals surface area contributed by atoms with Crippen molar-refractivity contribution in [2.75, 3.05) is 13.1 Å². The van der Waals surface area contributed by atoms with Gasteiger partial charge in [-0.2, -0.15) is 0 Å². The molecule has 0 radical (unpaired) electrons. The Morgan fingerprint density at radius 1 is 1.19 bits per heavy atom. The summed E-state index contributed by atoms with van der Waals surface area (Å²) in [5.74, 6) is 2.94. The maximum absolute atomic E-state index is 13.4. The predicted octanol–water partition coefficient (Wildman–Crippen LogP) is 4.37. The van der Waals surface area contributed by atoms with Crippen molar-refractivity contribution in [1.29, 1.82) is 0 Å². The normalized spacial score (nSPS) is 44.1. The van der Waals surface area contributed by atoms with Crippen LogP contribution in [0.25, 0.3) is 0 Å². The second-order valence-electron chi connectivity index (χ2n) is 8.59. The fourth-order valence-electron chi connectivity index (χ4n) is 5.89. The van der Waals surface area contributed by atoms with E-state index in [1.807, 2.05) is 0 Å². The Morgan fingerprint density at radius 3 is 2.38 bits per heavy atom. The van der Waals surface area contributed by atoms with Gasteiger partial charge in [0.15, 0.2) is 0 Å². The van der Waals surface area contributed by atoms with Crippen LogP contribution in [0.3, 0.4) is 0 Å². The summed E-state index contributed by atoms with van der Waals surface area (Å²) in [6, 6.07) is 0. The van der Waals surface area contributed by atoms with Crippen LogP contribution in [0.1, 0.15) is 64.7 Å². The van der Waals surface area contributed by atoms with E-state index in [1.165, 1.54) is 44.9 Å². The van der Waals surface area contributed by atoms with Crippen LogP contribution in [0, 0.1) is 23.2 Å². The van der Waals surface area contributed by atoms with E-state index in [9.17, 15) is 4.79 Å². The summed E-state index contributed by atoms with van der Waals surface area (Å²) in [5.41, 5.74) is -0.00234. The zero-order chi connectivity index (χ0) is 14.7. The van der Waals surface area contributed by atoms with E-state index in [2.05, 4.69) is 27.8 Å². The fraction of sp³-hybridized carbons (Fsp3) is 0.944. The van der Waals surface area contributed by atoms with E-state index in [1.54, 1.807) is 0 Å². The minimum atomic E-state index is -0.00234. The second kappa shape index (κ2) is 4.97. The number of carbonyl (C=O) groups excluding carboxylic acids is 1. The predicted molar refractivity (Wildman–Crippen MR) is 88.4 cm³/mol. The molecule has 2 nitrogen and oxygen atoms in total. The van der Waals surface area contributed by atoms with Gasteiger partial charge in [-0.25, -0.2) is 0 Å². The van der Waals surface area contributed by atoms with E-state index >= 15 is 0 Å². The summed E-state index contributed by atoms with van der Waals surface area (Å²) >= 11 is 4.04. The molecule has 0 aliphatic heterocycles.